The number of nitrogens with zero attached hydrogens (tertiary/aromatic N) is 2. The largest absolute Gasteiger partial charge is 0.383 e. The summed E-state index contributed by atoms with van der Waals surface area (Å²) in [6.45, 7) is 7.56. The molecule has 1 saturated carbocycles. The predicted molar refractivity (Wildman–Crippen MR) is 77.1 cm³/mol. The Bertz CT molecular complexity index is 207. The first kappa shape index (κ1) is 15.9. The summed E-state index contributed by atoms with van der Waals surface area (Å²) in [7, 11) is 6.08. The van der Waals surface area contributed by atoms with Crippen molar-refractivity contribution in [1.29, 1.82) is 0 Å². The van der Waals surface area contributed by atoms with Gasteiger partial charge in [-0.25, -0.2) is 0 Å². The quantitative estimate of drug-likeness (QED) is 0.598. The van der Waals surface area contributed by atoms with Crippen LogP contribution < -0.4 is 5.32 Å². The molecular weight excluding hydrogens is 226 g/mol. The first-order chi connectivity index (χ1) is 8.67. The topological polar surface area (TPSA) is 27.7 Å². The van der Waals surface area contributed by atoms with Gasteiger partial charge in [-0.1, -0.05) is 6.92 Å². The molecule has 18 heavy (non-hydrogen) atoms. The summed E-state index contributed by atoms with van der Waals surface area (Å²) in [5, 5.41) is 3.62. The van der Waals surface area contributed by atoms with E-state index in [2.05, 4.69) is 36.1 Å². The van der Waals surface area contributed by atoms with Gasteiger partial charge < -0.3 is 15.0 Å². The summed E-state index contributed by atoms with van der Waals surface area (Å²) in [4.78, 5) is 4.80. The lowest BCUT2D eigenvalue weighted by atomic mass is 10.2. The summed E-state index contributed by atoms with van der Waals surface area (Å²) < 4.78 is 5.37. The number of hydrogen-bond acceptors (Lipinski definition) is 4. The molecule has 0 radical (unpaired) electrons. The van der Waals surface area contributed by atoms with Crippen molar-refractivity contribution in [3.05, 3.63) is 0 Å². The number of hydrogen-bond donors (Lipinski definition) is 1. The number of methoxy groups -OCH3 is 1. The third-order valence-corrected chi connectivity index (χ3v) is 3.55. The Hall–Kier alpha value is -0.160. The van der Waals surface area contributed by atoms with Crippen LogP contribution in [0.15, 0.2) is 0 Å². The van der Waals surface area contributed by atoms with Crippen LogP contribution in [0.4, 0.5) is 0 Å². The average molecular weight is 257 g/mol. The molecule has 1 fully saturated rings. The minimum absolute atomic E-state index is 0.516. The van der Waals surface area contributed by atoms with Gasteiger partial charge in [0.15, 0.2) is 0 Å². The molecule has 1 unspecified atom stereocenters. The highest BCUT2D eigenvalue weighted by atomic mass is 16.5. The SMILES string of the molecule is CCN(CCCN(C)C)C(CNC1CC1)COC. The van der Waals surface area contributed by atoms with Crippen molar-refractivity contribution in [2.75, 3.05) is 54.0 Å². The van der Waals surface area contributed by atoms with Gasteiger partial charge in [0.2, 0.25) is 0 Å². The molecule has 4 nitrogen and oxygen atoms in total. The maximum Gasteiger partial charge on any atom is 0.0630 e. The number of rotatable bonds is 11. The van der Waals surface area contributed by atoms with Gasteiger partial charge in [0.25, 0.3) is 0 Å². The number of likely N-dealkylation sites (N-methyl/N-ethyl adjacent to an activating group) is 1. The van der Waals surface area contributed by atoms with Gasteiger partial charge in [-0.15, -0.1) is 0 Å². The van der Waals surface area contributed by atoms with Crippen LogP contribution in [0.1, 0.15) is 26.2 Å². The van der Waals surface area contributed by atoms with E-state index in [1.165, 1.54) is 19.3 Å². The molecule has 1 rings (SSSR count). The predicted octanol–water partition coefficient (Wildman–Crippen LogP) is 1.03. The molecule has 4 heteroatoms. The Balaban J connectivity index is 2.29. The number of ether oxygens (including phenoxy) is 1. The van der Waals surface area contributed by atoms with E-state index in [4.69, 9.17) is 4.74 Å². The Morgan fingerprint density at radius 1 is 1.28 bits per heavy atom. The zero-order chi connectivity index (χ0) is 13.4. The maximum atomic E-state index is 5.37. The van der Waals surface area contributed by atoms with E-state index in [1.807, 2.05) is 0 Å². The van der Waals surface area contributed by atoms with E-state index < -0.39 is 0 Å². The third-order valence-electron chi connectivity index (χ3n) is 3.55. The molecule has 1 atom stereocenters. The summed E-state index contributed by atoms with van der Waals surface area (Å²) in [6, 6.07) is 1.30. The Morgan fingerprint density at radius 3 is 2.50 bits per heavy atom. The van der Waals surface area contributed by atoms with Crippen molar-refractivity contribution in [2.45, 2.75) is 38.3 Å². The van der Waals surface area contributed by atoms with Crippen molar-refractivity contribution in [3.63, 3.8) is 0 Å². The van der Waals surface area contributed by atoms with Gasteiger partial charge in [-0.3, -0.25) is 4.90 Å². The average Bonchev–Trinajstić information content (AvgIpc) is 3.14. The molecule has 0 saturated heterocycles. The van der Waals surface area contributed by atoms with E-state index in [1.54, 1.807) is 7.11 Å². The highest BCUT2D eigenvalue weighted by Crippen LogP contribution is 2.18. The van der Waals surface area contributed by atoms with E-state index >= 15 is 0 Å². The molecule has 108 valence electrons. The van der Waals surface area contributed by atoms with Crippen LogP contribution in [-0.2, 0) is 4.74 Å². The zero-order valence-electron chi connectivity index (χ0n) is 12.6. The van der Waals surface area contributed by atoms with Gasteiger partial charge in [-0.05, 0) is 53.0 Å². The molecule has 1 aliphatic carbocycles. The molecule has 1 N–H and O–H groups in total. The Kier molecular flexibility index (Phi) is 7.82. The first-order valence-corrected chi connectivity index (χ1v) is 7.28. The van der Waals surface area contributed by atoms with Gasteiger partial charge >= 0.3 is 0 Å². The molecule has 0 spiro atoms. The van der Waals surface area contributed by atoms with Gasteiger partial charge in [0, 0.05) is 25.7 Å². The van der Waals surface area contributed by atoms with Gasteiger partial charge in [0.1, 0.15) is 0 Å². The van der Waals surface area contributed by atoms with E-state index in [0.29, 0.717) is 6.04 Å². The molecule has 0 aromatic rings. The van der Waals surface area contributed by atoms with Crippen molar-refractivity contribution in [1.82, 2.24) is 15.1 Å². The maximum absolute atomic E-state index is 5.37. The zero-order valence-corrected chi connectivity index (χ0v) is 12.6. The molecule has 0 amide bonds. The lowest BCUT2D eigenvalue weighted by Crippen LogP contribution is -2.46. The molecule has 0 aromatic carbocycles. The molecule has 0 heterocycles. The van der Waals surface area contributed by atoms with Crippen LogP contribution in [-0.4, -0.2) is 75.9 Å². The van der Waals surface area contributed by atoms with Crippen molar-refractivity contribution in [2.24, 2.45) is 0 Å². The number of nitrogens with one attached hydrogen (secondary N) is 1. The standard InChI is InChI=1S/C14H31N3O/c1-5-17(10-6-9-16(2)3)14(12-18-4)11-15-13-7-8-13/h13-15H,5-12H2,1-4H3. The molecule has 0 bridgehead atoms. The molecule has 0 aliphatic heterocycles. The summed E-state index contributed by atoms with van der Waals surface area (Å²) in [6.07, 6.45) is 3.93. The molecular formula is C14H31N3O. The third kappa shape index (κ3) is 6.69. The van der Waals surface area contributed by atoms with E-state index in [-0.39, 0.29) is 0 Å². The second kappa shape index (κ2) is 8.86. The monoisotopic (exact) mass is 257 g/mol. The second-order valence-corrected chi connectivity index (χ2v) is 5.58. The fourth-order valence-corrected chi connectivity index (χ4v) is 2.26. The minimum atomic E-state index is 0.516. The molecule has 1 aliphatic rings. The van der Waals surface area contributed by atoms with Gasteiger partial charge in [0.05, 0.1) is 6.61 Å². The first-order valence-electron chi connectivity index (χ1n) is 7.28. The smallest absolute Gasteiger partial charge is 0.0630 e. The summed E-state index contributed by atoms with van der Waals surface area (Å²) >= 11 is 0. The van der Waals surface area contributed by atoms with Crippen molar-refractivity contribution in [3.8, 4) is 0 Å². The highest BCUT2D eigenvalue weighted by Gasteiger charge is 2.23. The fraction of sp³-hybridized carbons (Fsp3) is 1.00. The van der Waals surface area contributed by atoms with Crippen LogP contribution in [0.25, 0.3) is 0 Å². The van der Waals surface area contributed by atoms with Crippen LogP contribution in [0.3, 0.4) is 0 Å². The minimum Gasteiger partial charge on any atom is -0.383 e. The Morgan fingerprint density at radius 2 is 2.00 bits per heavy atom. The lowest BCUT2D eigenvalue weighted by Gasteiger charge is -2.31. The van der Waals surface area contributed by atoms with Crippen molar-refractivity contribution >= 4 is 0 Å². The van der Waals surface area contributed by atoms with Gasteiger partial charge in [-0.2, -0.15) is 0 Å². The van der Waals surface area contributed by atoms with Crippen LogP contribution >= 0.6 is 0 Å². The summed E-state index contributed by atoms with van der Waals surface area (Å²) in [5.41, 5.74) is 0. The Labute approximate surface area is 113 Å². The van der Waals surface area contributed by atoms with Crippen LogP contribution in [0.2, 0.25) is 0 Å². The lowest BCUT2D eigenvalue weighted by molar-refractivity contribution is 0.0899. The normalized spacial score (nSPS) is 17.7. The summed E-state index contributed by atoms with van der Waals surface area (Å²) in [5.74, 6) is 0. The second-order valence-electron chi connectivity index (χ2n) is 5.58. The fourth-order valence-electron chi connectivity index (χ4n) is 2.26. The highest BCUT2D eigenvalue weighted by molar-refractivity contribution is 4.84. The van der Waals surface area contributed by atoms with E-state index in [9.17, 15) is 0 Å². The van der Waals surface area contributed by atoms with Crippen molar-refractivity contribution < 1.29 is 4.74 Å². The van der Waals surface area contributed by atoms with Crippen LogP contribution in [0.5, 0.6) is 0 Å². The van der Waals surface area contributed by atoms with E-state index in [0.717, 1.165) is 38.8 Å². The van der Waals surface area contributed by atoms with Crippen LogP contribution in [0, 0.1) is 0 Å². The molecule has 0 aromatic heterocycles.